The molecule has 0 aliphatic heterocycles. The van der Waals surface area contributed by atoms with Crippen molar-refractivity contribution >= 4 is 16.9 Å². The SMILES string of the molecule is CNc1nc(C)nnc1-c1ccc2nc[nH]c2c1. The first-order valence-corrected chi connectivity index (χ1v) is 5.60. The van der Waals surface area contributed by atoms with Gasteiger partial charge in [-0.15, -0.1) is 10.2 Å². The highest BCUT2D eigenvalue weighted by atomic mass is 15.2. The van der Waals surface area contributed by atoms with E-state index in [9.17, 15) is 0 Å². The Hall–Kier alpha value is -2.50. The zero-order valence-electron chi connectivity index (χ0n) is 10.1. The minimum Gasteiger partial charge on any atom is -0.371 e. The van der Waals surface area contributed by atoms with Crippen LogP contribution in [0.4, 0.5) is 5.82 Å². The zero-order valence-corrected chi connectivity index (χ0v) is 10.1. The smallest absolute Gasteiger partial charge is 0.156 e. The lowest BCUT2D eigenvalue weighted by atomic mass is 10.1. The fourth-order valence-electron chi connectivity index (χ4n) is 1.86. The molecule has 3 aromatic rings. The Kier molecular flexibility index (Phi) is 2.40. The second kappa shape index (κ2) is 4.06. The highest BCUT2D eigenvalue weighted by Gasteiger charge is 2.09. The Morgan fingerprint density at radius 3 is 2.94 bits per heavy atom. The molecule has 1 aromatic carbocycles. The minimum absolute atomic E-state index is 0.644. The summed E-state index contributed by atoms with van der Waals surface area (Å²) >= 11 is 0. The van der Waals surface area contributed by atoms with E-state index >= 15 is 0 Å². The van der Waals surface area contributed by atoms with Gasteiger partial charge in [0.2, 0.25) is 0 Å². The van der Waals surface area contributed by atoms with Crippen LogP contribution in [0, 0.1) is 6.92 Å². The first kappa shape index (κ1) is 10.6. The molecule has 6 heteroatoms. The van der Waals surface area contributed by atoms with Gasteiger partial charge in [-0.3, -0.25) is 0 Å². The fraction of sp³-hybridized carbons (Fsp3) is 0.167. The normalized spacial score (nSPS) is 10.8. The number of benzene rings is 1. The van der Waals surface area contributed by atoms with Crippen LogP contribution >= 0.6 is 0 Å². The number of rotatable bonds is 2. The molecule has 0 bridgehead atoms. The highest BCUT2D eigenvalue weighted by molar-refractivity contribution is 5.83. The van der Waals surface area contributed by atoms with E-state index in [0.717, 1.165) is 28.1 Å². The molecule has 0 unspecified atom stereocenters. The Balaban J connectivity index is 2.18. The minimum atomic E-state index is 0.644. The number of fused-ring (bicyclic) bond motifs is 1. The molecule has 3 rings (SSSR count). The van der Waals surface area contributed by atoms with Gasteiger partial charge in [-0.2, -0.15) is 0 Å². The van der Waals surface area contributed by atoms with Crippen LogP contribution in [-0.2, 0) is 0 Å². The van der Waals surface area contributed by atoms with Crippen LogP contribution in [0.5, 0.6) is 0 Å². The predicted octanol–water partition coefficient (Wildman–Crippen LogP) is 1.77. The molecule has 0 atom stereocenters. The van der Waals surface area contributed by atoms with Crippen molar-refractivity contribution in [2.24, 2.45) is 0 Å². The molecule has 0 aliphatic carbocycles. The fourth-order valence-corrected chi connectivity index (χ4v) is 1.86. The van der Waals surface area contributed by atoms with Gasteiger partial charge in [0.25, 0.3) is 0 Å². The van der Waals surface area contributed by atoms with E-state index in [2.05, 4.69) is 30.5 Å². The summed E-state index contributed by atoms with van der Waals surface area (Å²) < 4.78 is 0. The molecule has 2 heterocycles. The maximum absolute atomic E-state index is 4.33. The number of imidazole rings is 1. The topological polar surface area (TPSA) is 79.4 Å². The molecule has 0 aliphatic rings. The van der Waals surface area contributed by atoms with Gasteiger partial charge in [0.1, 0.15) is 11.5 Å². The number of aromatic amines is 1. The van der Waals surface area contributed by atoms with Gasteiger partial charge in [0, 0.05) is 12.6 Å². The van der Waals surface area contributed by atoms with Gasteiger partial charge >= 0.3 is 0 Å². The second-order valence-corrected chi connectivity index (χ2v) is 3.94. The number of H-pyrrole nitrogens is 1. The van der Waals surface area contributed by atoms with Crippen molar-refractivity contribution in [3.63, 3.8) is 0 Å². The Labute approximate surface area is 104 Å². The van der Waals surface area contributed by atoms with Gasteiger partial charge in [0.15, 0.2) is 5.82 Å². The molecule has 0 saturated carbocycles. The molecule has 6 nitrogen and oxygen atoms in total. The third-order valence-electron chi connectivity index (χ3n) is 2.72. The molecular formula is C12H12N6. The number of aryl methyl sites for hydroxylation is 1. The molecule has 0 amide bonds. The van der Waals surface area contributed by atoms with Crippen molar-refractivity contribution in [1.82, 2.24) is 25.1 Å². The number of hydrogen-bond donors (Lipinski definition) is 2. The maximum Gasteiger partial charge on any atom is 0.156 e. The first-order chi connectivity index (χ1) is 8.78. The van der Waals surface area contributed by atoms with Crippen molar-refractivity contribution in [1.29, 1.82) is 0 Å². The molecule has 0 fully saturated rings. The molecule has 2 N–H and O–H groups in total. The lowest BCUT2D eigenvalue weighted by Gasteiger charge is -2.06. The summed E-state index contributed by atoms with van der Waals surface area (Å²) in [5.41, 5.74) is 3.59. The monoisotopic (exact) mass is 240 g/mol. The van der Waals surface area contributed by atoms with Gasteiger partial charge in [-0.1, -0.05) is 6.07 Å². The average Bonchev–Trinajstić information content (AvgIpc) is 2.85. The predicted molar refractivity (Wildman–Crippen MR) is 69.2 cm³/mol. The van der Waals surface area contributed by atoms with Gasteiger partial charge < -0.3 is 10.3 Å². The summed E-state index contributed by atoms with van der Waals surface area (Å²) in [6.07, 6.45) is 1.67. The summed E-state index contributed by atoms with van der Waals surface area (Å²) in [5, 5.41) is 11.2. The van der Waals surface area contributed by atoms with E-state index in [-0.39, 0.29) is 0 Å². The van der Waals surface area contributed by atoms with E-state index in [1.807, 2.05) is 32.2 Å². The second-order valence-electron chi connectivity index (χ2n) is 3.94. The van der Waals surface area contributed by atoms with Crippen LogP contribution in [0.15, 0.2) is 24.5 Å². The molecule has 18 heavy (non-hydrogen) atoms. The van der Waals surface area contributed by atoms with E-state index in [0.29, 0.717) is 5.82 Å². The Morgan fingerprint density at radius 1 is 1.22 bits per heavy atom. The van der Waals surface area contributed by atoms with Crippen LogP contribution in [0.1, 0.15) is 5.82 Å². The van der Waals surface area contributed by atoms with Crippen LogP contribution < -0.4 is 5.32 Å². The number of aromatic nitrogens is 5. The van der Waals surface area contributed by atoms with Crippen molar-refractivity contribution in [3.8, 4) is 11.3 Å². The number of hydrogen-bond acceptors (Lipinski definition) is 5. The highest BCUT2D eigenvalue weighted by Crippen LogP contribution is 2.25. The number of nitrogens with one attached hydrogen (secondary N) is 2. The van der Waals surface area contributed by atoms with Gasteiger partial charge in [-0.05, 0) is 19.1 Å². The van der Waals surface area contributed by atoms with Crippen LogP contribution in [0.25, 0.3) is 22.3 Å². The lowest BCUT2D eigenvalue weighted by molar-refractivity contribution is 0.916. The lowest BCUT2D eigenvalue weighted by Crippen LogP contribution is -2.02. The summed E-state index contributed by atoms with van der Waals surface area (Å²) in [6.45, 7) is 1.82. The molecule has 0 saturated heterocycles. The van der Waals surface area contributed by atoms with Gasteiger partial charge in [-0.25, -0.2) is 9.97 Å². The summed E-state index contributed by atoms with van der Waals surface area (Å²) in [7, 11) is 1.82. The zero-order chi connectivity index (χ0) is 12.5. The van der Waals surface area contributed by atoms with Crippen molar-refractivity contribution in [3.05, 3.63) is 30.4 Å². The van der Waals surface area contributed by atoms with Crippen LogP contribution in [0.3, 0.4) is 0 Å². The van der Waals surface area contributed by atoms with E-state index < -0.39 is 0 Å². The first-order valence-electron chi connectivity index (χ1n) is 5.60. The summed E-state index contributed by atoms with van der Waals surface area (Å²) in [4.78, 5) is 11.6. The third kappa shape index (κ3) is 1.67. The van der Waals surface area contributed by atoms with Crippen LogP contribution in [-0.4, -0.2) is 32.2 Å². The average molecular weight is 240 g/mol. The quantitative estimate of drug-likeness (QED) is 0.713. The van der Waals surface area contributed by atoms with E-state index in [4.69, 9.17) is 0 Å². The molecule has 90 valence electrons. The van der Waals surface area contributed by atoms with Crippen LogP contribution in [0.2, 0.25) is 0 Å². The maximum atomic E-state index is 4.33. The summed E-state index contributed by atoms with van der Waals surface area (Å²) in [6, 6.07) is 5.90. The molecule has 0 radical (unpaired) electrons. The largest absolute Gasteiger partial charge is 0.371 e. The van der Waals surface area contributed by atoms with E-state index in [1.54, 1.807) is 6.33 Å². The molecule has 2 aromatic heterocycles. The van der Waals surface area contributed by atoms with Crippen molar-refractivity contribution in [2.45, 2.75) is 6.92 Å². The standard InChI is InChI=1S/C12H12N6/c1-7-16-12(13-2)11(18-17-7)8-3-4-9-10(5-8)15-6-14-9/h3-6H,1-2H3,(H,14,15)(H,13,16,17). The molecular weight excluding hydrogens is 228 g/mol. The molecule has 0 spiro atoms. The Bertz CT molecular complexity index is 703. The number of nitrogens with zero attached hydrogens (tertiary/aromatic N) is 4. The van der Waals surface area contributed by atoms with Crippen molar-refractivity contribution in [2.75, 3.05) is 12.4 Å². The van der Waals surface area contributed by atoms with Gasteiger partial charge in [0.05, 0.1) is 17.4 Å². The van der Waals surface area contributed by atoms with E-state index in [1.165, 1.54) is 0 Å². The third-order valence-corrected chi connectivity index (χ3v) is 2.72. The Morgan fingerprint density at radius 2 is 2.11 bits per heavy atom. The summed E-state index contributed by atoms with van der Waals surface area (Å²) in [5.74, 6) is 1.37. The van der Waals surface area contributed by atoms with Crippen molar-refractivity contribution < 1.29 is 0 Å². The number of anilines is 1.